The molecule has 0 spiro atoms. The van der Waals surface area contributed by atoms with Crippen molar-refractivity contribution < 1.29 is 19.1 Å². The van der Waals surface area contributed by atoms with Crippen LogP contribution in [0.2, 0.25) is 0 Å². The SMILES string of the molecule is CC(C)(C)OC(=O)N1CCC(c2ccc3c(c2)CCN3[C@@H]2CCC(=O)NC2=O)CC1. The van der Waals surface area contributed by atoms with E-state index in [9.17, 15) is 14.4 Å². The van der Waals surface area contributed by atoms with Crippen molar-refractivity contribution in [1.82, 2.24) is 10.2 Å². The van der Waals surface area contributed by atoms with E-state index in [0.717, 1.165) is 31.5 Å². The molecule has 7 nitrogen and oxygen atoms in total. The number of nitrogens with one attached hydrogen (secondary N) is 1. The maximum absolute atomic E-state index is 12.3. The molecule has 0 aromatic heterocycles. The quantitative estimate of drug-likeness (QED) is 0.754. The Kier molecular flexibility index (Phi) is 5.47. The number of rotatable bonds is 2. The number of likely N-dealkylation sites (tertiary alicyclic amines) is 1. The molecular formula is C23H31N3O4. The van der Waals surface area contributed by atoms with E-state index in [1.807, 2.05) is 20.8 Å². The van der Waals surface area contributed by atoms with Crippen molar-refractivity contribution in [1.29, 1.82) is 0 Å². The highest BCUT2D eigenvalue weighted by molar-refractivity contribution is 6.01. The molecule has 0 radical (unpaired) electrons. The summed E-state index contributed by atoms with van der Waals surface area (Å²) in [5.74, 6) is 0.0695. The van der Waals surface area contributed by atoms with Crippen LogP contribution in [0.25, 0.3) is 0 Å². The summed E-state index contributed by atoms with van der Waals surface area (Å²) in [5, 5.41) is 2.47. The van der Waals surface area contributed by atoms with Gasteiger partial charge in [-0.3, -0.25) is 14.9 Å². The molecule has 1 aromatic rings. The molecule has 0 aliphatic carbocycles. The molecule has 3 amide bonds. The summed E-state index contributed by atoms with van der Waals surface area (Å²) in [6.07, 6.45) is 3.52. The van der Waals surface area contributed by atoms with Gasteiger partial charge in [0.1, 0.15) is 11.6 Å². The fourth-order valence-corrected chi connectivity index (χ4v) is 4.73. The first-order valence-electron chi connectivity index (χ1n) is 10.9. The van der Waals surface area contributed by atoms with Crippen LogP contribution in [-0.4, -0.2) is 54.1 Å². The Morgan fingerprint density at radius 1 is 1.07 bits per heavy atom. The van der Waals surface area contributed by atoms with Crippen molar-refractivity contribution in [3.8, 4) is 0 Å². The summed E-state index contributed by atoms with van der Waals surface area (Å²) in [6.45, 7) is 7.89. The molecule has 30 heavy (non-hydrogen) atoms. The van der Waals surface area contributed by atoms with Crippen LogP contribution >= 0.6 is 0 Å². The number of carbonyl (C=O) groups is 3. The lowest BCUT2D eigenvalue weighted by Crippen LogP contribution is -2.52. The standard InChI is InChI=1S/C23H31N3O4/c1-23(2,3)30-22(29)25-11-8-15(9-12-25)16-4-5-18-17(14-16)10-13-26(18)19-6-7-20(27)24-21(19)28/h4-5,14-15,19H,6-13H2,1-3H3,(H,24,27,28)/t19-/m1/s1. The summed E-state index contributed by atoms with van der Waals surface area (Å²) in [6, 6.07) is 6.31. The minimum atomic E-state index is -0.470. The molecule has 4 rings (SSSR count). The van der Waals surface area contributed by atoms with E-state index in [2.05, 4.69) is 28.4 Å². The Balaban J connectivity index is 1.39. The molecule has 7 heteroatoms. The third-order valence-corrected chi connectivity index (χ3v) is 6.24. The molecule has 1 N–H and O–H groups in total. The fourth-order valence-electron chi connectivity index (χ4n) is 4.73. The number of fused-ring (bicyclic) bond motifs is 1. The lowest BCUT2D eigenvalue weighted by molar-refractivity contribution is -0.134. The Morgan fingerprint density at radius 2 is 1.80 bits per heavy atom. The monoisotopic (exact) mass is 413 g/mol. The first-order valence-corrected chi connectivity index (χ1v) is 10.9. The van der Waals surface area contributed by atoms with Crippen LogP contribution in [0.15, 0.2) is 18.2 Å². The van der Waals surface area contributed by atoms with Crippen molar-refractivity contribution in [2.45, 2.75) is 70.4 Å². The smallest absolute Gasteiger partial charge is 0.410 e. The number of ether oxygens (including phenoxy) is 1. The number of amides is 3. The average Bonchev–Trinajstić information content (AvgIpc) is 3.10. The Morgan fingerprint density at radius 3 is 2.47 bits per heavy atom. The summed E-state index contributed by atoms with van der Waals surface area (Å²) in [7, 11) is 0. The number of hydrogen-bond donors (Lipinski definition) is 1. The number of imide groups is 1. The Bertz CT molecular complexity index is 852. The molecule has 0 bridgehead atoms. The van der Waals surface area contributed by atoms with Gasteiger partial charge in [-0.15, -0.1) is 0 Å². The molecule has 1 atom stereocenters. The van der Waals surface area contributed by atoms with Crippen molar-refractivity contribution >= 4 is 23.6 Å². The predicted molar refractivity (Wildman–Crippen MR) is 113 cm³/mol. The first-order chi connectivity index (χ1) is 14.2. The fraction of sp³-hybridized carbons (Fsp3) is 0.609. The maximum atomic E-state index is 12.3. The largest absolute Gasteiger partial charge is 0.444 e. The van der Waals surface area contributed by atoms with E-state index in [0.29, 0.717) is 31.8 Å². The predicted octanol–water partition coefficient (Wildman–Crippen LogP) is 2.97. The maximum Gasteiger partial charge on any atom is 0.410 e. The second-order valence-electron chi connectivity index (χ2n) is 9.54. The highest BCUT2D eigenvalue weighted by Gasteiger charge is 2.35. The van der Waals surface area contributed by atoms with Gasteiger partial charge in [-0.2, -0.15) is 0 Å². The molecule has 3 aliphatic heterocycles. The molecule has 0 unspecified atom stereocenters. The van der Waals surface area contributed by atoms with Crippen LogP contribution in [-0.2, 0) is 20.7 Å². The van der Waals surface area contributed by atoms with Gasteiger partial charge >= 0.3 is 6.09 Å². The lowest BCUT2D eigenvalue weighted by Gasteiger charge is -2.34. The summed E-state index contributed by atoms with van der Waals surface area (Å²) in [4.78, 5) is 40.0. The summed E-state index contributed by atoms with van der Waals surface area (Å²) >= 11 is 0. The normalized spacial score (nSPS) is 22.7. The van der Waals surface area contributed by atoms with E-state index in [-0.39, 0.29) is 23.9 Å². The van der Waals surface area contributed by atoms with Gasteiger partial charge in [0.2, 0.25) is 11.8 Å². The highest BCUT2D eigenvalue weighted by atomic mass is 16.6. The van der Waals surface area contributed by atoms with Gasteiger partial charge in [-0.05, 0) is 69.6 Å². The number of piperidine rings is 2. The number of anilines is 1. The Hall–Kier alpha value is -2.57. The van der Waals surface area contributed by atoms with Crippen LogP contribution in [0.3, 0.4) is 0 Å². The Labute approximate surface area is 177 Å². The van der Waals surface area contributed by atoms with E-state index in [1.165, 1.54) is 11.1 Å². The van der Waals surface area contributed by atoms with Gasteiger partial charge in [0, 0.05) is 31.7 Å². The molecule has 3 heterocycles. The lowest BCUT2D eigenvalue weighted by atomic mass is 9.88. The third kappa shape index (κ3) is 4.30. The van der Waals surface area contributed by atoms with E-state index in [4.69, 9.17) is 4.74 Å². The number of benzene rings is 1. The van der Waals surface area contributed by atoms with Gasteiger partial charge in [0.25, 0.3) is 0 Å². The van der Waals surface area contributed by atoms with Crippen LogP contribution in [0.5, 0.6) is 0 Å². The molecule has 0 saturated carbocycles. The van der Waals surface area contributed by atoms with Gasteiger partial charge in [0.15, 0.2) is 0 Å². The van der Waals surface area contributed by atoms with Gasteiger partial charge in [0.05, 0.1) is 0 Å². The van der Waals surface area contributed by atoms with Crippen LogP contribution < -0.4 is 10.2 Å². The highest BCUT2D eigenvalue weighted by Crippen LogP contribution is 2.36. The second-order valence-corrected chi connectivity index (χ2v) is 9.54. The van der Waals surface area contributed by atoms with Crippen molar-refractivity contribution in [3.63, 3.8) is 0 Å². The summed E-state index contributed by atoms with van der Waals surface area (Å²) in [5.41, 5.74) is 3.22. The zero-order chi connectivity index (χ0) is 21.5. The molecule has 2 fully saturated rings. The minimum absolute atomic E-state index is 0.177. The number of nitrogens with zero attached hydrogens (tertiary/aromatic N) is 2. The van der Waals surface area contributed by atoms with Gasteiger partial charge in [-0.25, -0.2) is 4.79 Å². The van der Waals surface area contributed by atoms with Crippen molar-refractivity contribution in [2.75, 3.05) is 24.5 Å². The zero-order valence-electron chi connectivity index (χ0n) is 18.1. The van der Waals surface area contributed by atoms with Crippen molar-refractivity contribution in [2.24, 2.45) is 0 Å². The molecule has 1 aromatic carbocycles. The van der Waals surface area contributed by atoms with Crippen LogP contribution in [0.1, 0.15) is 63.5 Å². The van der Waals surface area contributed by atoms with Crippen molar-refractivity contribution in [3.05, 3.63) is 29.3 Å². The van der Waals surface area contributed by atoms with E-state index in [1.54, 1.807) is 4.90 Å². The van der Waals surface area contributed by atoms with E-state index < -0.39 is 5.60 Å². The van der Waals surface area contributed by atoms with Gasteiger partial charge < -0.3 is 14.5 Å². The second kappa shape index (κ2) is 7.93. The van der Waals surface area contributed by atoms with Crippen LogP contribution in [0, 0.1) is 0 Å². The number of carbonyl (C=O) groups excluding carboxylic acids is 3. The third-order valence-electron chi connectivity index (χ3n) is 6.24. The van der Waals surface area contributed by atoms with Gasteiger partial charge in [-0.1, -0.05) is 12.1 Å². The zero-order valence-corrected chi connectivity index (χ0v) is 18.1. The topological polar surface area (TPSA) is 79.0 Å². The van der Waals surface area contributed by atoms with E-state index >= 15 is 0 Å². The average molecular weight is 414 g/mol. The summed E-state index contributed by atoms with van der Waals surface area (Å²) < 4.78 is 5.49. The number of hydrogen-bond acceptors (Lipinski definition) is 5. The van der Waals surface area contributed by atoms with Crippen LogP contribution in [0.4, 0.5) is 10.5 Å². The first kappa shape index (κ1) is 20.7. The molecular weight excluding hydrogens is 382 g/mol. The molecule has 162 valence electrons. The molecule has 3 aliphatic rings. The minimum Gasteiger partial charge on any atom is -0.444 e. The molecule has 2 saturated heterocycles.